The van der Waals surface area contributed by atoms with Gasteiger partial charge in [0, 0.05) is 18.4 Å². The smallest absolute Gasteiger partial charge is 0.303 e. The molecule has 120 valence electrons. The number of aryl methyl sites for hydroxylation is 2. The van der Waals surface area contributed by atoms with E-state index in [-0.39, 0.29) is 12.3 Å². The summed E-state index contributed by atoms with van der Waals surface area (Å²) in [5.74, 6) is -0.286. The predicted octanol–water partition coefficient (Wildman–Crippen LogP) is 2.37. The molecule has 0 aliphatic carbocycles. The number of carbonyl (C=O) groups is 2. The summed E-state index contributed by atoms with van der Waals surface area (Å²) in [5.41, 5.74) is 2.80. The Hall–Kier alpha value is -2.04. The first-order valence-corrected chi connectivity index (χ1v) is 7.48. The molecule has 0 saturated carbocycles. The summed E-state index contributed by atoms with van der Waals surface area (Å²) in [6, 6.07) is 4.03. The van der Waals surface area contributed by atoms with E-state index in [2.05, 4.69) is 11.4 Å². The summed E-state index contributed by atoms with van der Waals surface area (Å²) in [5, 5.41) is 11.6. The van der Waals surface area contributed by atoms with Crippen molar-refractivity contribution in [3.05, 3.63) is 28.8 Å². The van der Waals surface area contributed by atoms with Crippen molar-refractivity contribution in [2.24, 2.45) is 0 Å². The van der Waals surface area contributed by atoms with E-state index in [0.717, 1.165) is 16.9 Å². The molecule has 22 heavy (non-hydrogen) atoms. The highest BCUT2D eigenvalue weighted by atomic mass is 16.5. The van der Waals surface area contributed by atoms with Crippen molar-refractivity contribution in [3.63, 3.8) is 0 Å². The van der Waals surface area contributed by atoms with E-state index in [1.165, 1.54) is 5.56 Å². The molecule has 1 heterocycles. The quantitative estimate of drug-likeness (QED) is 0.875. The fourth-order valence-electron chi connectivity index (χ4n) is 2.56. The normalized spacial score (nSPS) is 16.8. The maximum atomic E-state index is 12.4. The number of carbonyl (C=O) groups excluding carboxylic acids is 1. The second-order valence-corrected chi connectivity index (χ2v) is 6.62. The van der Waals surface area contributed by atoms with Gasteiger partial charge in [0.1, 0.15) is 5.75 Å². The van der Waals surface area contributed by atoms with Crippen molar-refractivity contribution < 1.29 is 19.4 Å². The zero-order valence-electron chi connectivity index (χ0n) is 13.5. The van der Waals surface area contributed by atoms with Gasteiger partial charge in [0.05, 0.1) is 0 Å². The van der Waals surface area contributed by atoms with Gasteiger partial charge in [-0.15, -0.1) is 0 Å². The van der Waals surface area contributed by atoms with Crippen molar-refractivity contribution in [1.29, 1.82) is 0 Å². The number of hydrogen-bond acceptors (Lipinski definition) is 3. The zero-order chi connectivity index (χ0) is 16.5. The second-order valence-electron chi connectivity index (χ2n) is 6.62. The first kappa shape index (κ1) is 16.3. The molecule has 0 aromatic heterocycles. The molecular formula is C17H23NO4. The van der Waals surface area contributed by atoms with Crippen LogP contribution in [0.2, 0.25) is 0 Å². The van der Waals surface area contributed by atoms with E-state index >= 15 is 0 Å². The Balaban J connectivity index is 1.99. The largest absolute Gasteiger partial charge is 0.481 e. The number of carboxylic acid groups (broad SMARTS) is 1. The summed E-state index contributed by atoms with van der Waals surface area (Å²) < 4.78 is 5.75. The van der Waals surface area contributed by atoms with Crippen molar-refractivity contribution in [2.75, 3.05) is 0 Å². The molecular weight excluding hydrogens is 282 g/mol. The molecule has 1 aliphatic heterocycles. The van der Waals surface area contributed by atoms with Crippen LogP contribution in [-0.4, -0.2) is 28.6 Å². The lowest BCUT2D eigenvalue weighted by Gasteiger charge is -2.27. The van der Waals surface area contributed by atoms with Crippen LogP contribution in [0.5, 0.6) is 5.75 Å². The van der Waals surface area contributed by atoms with E-state index in [9.17, 15) is 9.59 Å². The standard InChI is InChI=1S/C17H23NO4/c1-10-7-12-9-14(22-13(12)8-11(10)2)16(21)18-17(3,4)6-5-15(19)20/h7-8,14H,5-6,9H2,1-4H3,(H,18,21)(H,19,20). The van der Waals surface area contributed by atoms with Gasteiger partial charge in [-0.2, -0.15) is 0 Å². The molecule has 0 bridgehead atoms. The number of ether oxygens (including phenoxy) is 1. The van der Waals surface area contributed by atoms with Crippen LogP contribution in [0.1, 0.15) is 43.4 Å². The topological polar surface area (TPSA) is 75.6 Å². The third kappa shape index (κ3) is 3.78. The second kappa shape index (κ2) is 5.99. The van der Waals surface area contributed by atoms with Crippen LogP contribution in [0.3, 0.4) is 0 Å². The number of rotatable bonds is 5. The molecule has 5 nitrogen and oxygen atoms in total. The highest BCUT2D eigenvalue weighted by Gasteiger charge is 2.32. The average Bonchev–Trinajstić information content (AvgIpc) is 2.80. The third-order valence-corrected chi connectivity index (χ3v) is 4.07. The Bertz CT molecular complexity index is 576. The minimum absolute atomic E-state index is 0.0252. The highest BCUT2D eigenvalue weighted by molar-refractivity contribution is 5.83. The minimum atomic E-state index is -0.863. The molecule has 0 saturated heterocycles. The van der Waals surface area contributed by atoms with Crippen LogP contribution in [0.25, 0.3) is 0 Å². The molecule has 2 N–H and O–H groups in total. The molecule has 1 unspecified atom stereocenters. The Labute approximate surface area is 130 Å². The SMILES string of the molecule is Cc1cc2c(cc1C)OC(C(=O)NC(C)(C)CCC(=O)O)C2. The van der Waals surface area contributed by atoms with E-state index in [0.29, 0.717) is 12.8 Å². The van der Waals surface area contributed by atoms with Gasteiger partial charge < -0.3 is 15.2 Å². The fourth-order valence-corrected chi connectivity index (χ4v) is 2.56. The van der Waals surface area contributed by atoms with Crippen LogP contribution < -0.4 is 10.1 Å². The Morgan fingerprint density at radius 2 is 1.95 bits per heavy atom. The third-order valence-electron chi connectivity index (χ3n) is 4.07. The summed E-state index contributed by atoms with van der Waals surface area (Å²) in [6.45, 7) is 7.70. The van der Waals surface area contributed by atoms with E-state index in [4.69, 9.17) is 9.84 Å². The fraction of sp³-hybridized carbons (Fsp3) is 0.529. The summed E-state index contributed by atoms with van der Waals surface area (Å²) in [4.78, 5) is 23.0. The van der Waals surface area contributed by atoms with Crippen molar-refractivity contribution in [2.45, 2.75) is 58.6 Å². The van der Waals surface area contributed by atoms with Gasteiger partial charge in [-0.1, -0.05) is 6.07 Å². The monoisotopic (exact) mass is 305 g/mol. The number of amides is 1. The van der Waals surface area contributed by atoms with Crippen molar-refractivity contribution in [3.8, 4) is 5.75 Å². The highest BCUT2D eigenvalue weighted by Crippen LogP contribution is 2.31. The first-order chi connectivity index (χ1) is 10.2. The average molecular weight is 305 g/mol. The van der Waals surface area contributed by atoms with Gasteiger partial charge in [-0.3, -0.25) is 9.59 Å². The van der Waals surface area contributed by atoms with Gasteiger partial charge in [-0.25, -0.2) is 0 Å². The van der Waals surface area contributed by atoms with E-state index in [1.54, 1.807) is 0 Å². The molecule has 2 rings (SSSR count). The predicted molar refractivity (Wildman–Crippen MR) is 83.1 cm³/mol. The van der Waals surface area contributed by atoms with Crippen LogP contribution in [-0.2, 0) is 16.0 Å². The number of fused-ring (bicyclic) bond motifs is 1. The first-order valence-electron chi connectivity index (χ1n) is 7.48. The Morgan fingerprint density at radius 3 is 2.59 bits per heavy atom. The van der Waals surface area contributed by atoms with Crippen molar-refractivity contribution in [1.82, 2.24) is 5.32 Å². The van der Waals surface area contributed by atoms with Gasteiger partial charge in [-0.05, 0) is 56.9 Å². The van der Waals surface area contributed by atoms with Gasteiger partial charge in [0.15, 0.2) is 6.10 Å². The lowest BCUT2D eigenvalue weighted by Crippen LogP contribution is -2.49. The lowest BCUT2D eigenvalue weighted by molar-refractivity contribution is -0.138. The molecule has 1 atom stereocenters. The van der Waals surface area contributed by atoms with E-state index < -0.39 is 17.6 Å². The van der Waals surface area contributed by atoms with E-state index in [1.807, 2.05) is 33.8 Å². The number of nitrogens with one attached hydrogen (secondary N) is 1. The maximum absolute atomic E-state index is 12.4. The van der Waals surface area contributed by atoms with Crippen LogP contribution in [0, 0.1) is 13.8 Å². The minimum Gasteiger partial charge on any atom is -0.481 e. The Morgan fingerprint density at radius 1 is 1.32 bits per heavy atom. The number of hydrogen-bond donors (Lipinski definition) is 2. The van der Waals surface area contributed by atoms with Crippen LogP contribution >= 0.6 is 0 Å². The molecule has 5 heteroatoms. The van der Waals surface area contributed by atoms with Crippen molar-refractivity contribution >= 4 is 11.9 Å². The molecule has 1 aromatic rings. The zero-order valence-corrected chi connectivity index (χ0v) is 13.5. The van der Waals surface area contributed by atoms with Gasteiger partial charge in [0.2, 0.25) is 0 Å². The summed E-state index contributed by atoms with van der Waals surface area (Å²) in [6.07, 6.45) is 0.418. The molecule has 1 amide bonds. The number of aliphatic carboxylic acids is 1. The molecule has 1 aromatic carbocycles. The van der Waals surface area contributed by atoms with Gasteiger partial charge >= 0.3 is 5.97 Å². The van der Waals surface area contributed by atoms with Crippen LogP contribution in [0.4, 0.5) is 0 Å². The number of carboxylic acids is 1. The van der Waals surface area contributed by atoms with Gasteiger partial charge in [0.25, 0.3) is 5.91 Å². The Kier molecular flexibility index (Phi) is 4.44. The molecule has 1 aliphatic rings. The summed E-state index contributed by atoms with van der Waals surface area (Å²) in [7, 11) is 0. The molecule has 0 spiro atoms. The molecule has 0 radical (unpaired) electrons. The number of benzene rings is 1. The van der Waals surface area contributed by atoms with Crippen LogP contribution in [0.15, 0.2) is 12.1 Å². The summed E-state index contributed by atoms with van der Waals surface area (Å²) >= 11 is 0. The molecule has 0 fully saturated rings. The lowest BCUT2D eigenvalue weighted by atomic mass is 9.97. The maximum Gasteiger partial charge on any atom is 0.303 e.